The number of fused-ring (bicyclic) bond motifs is 1. The number of aromatic amines is 1. The van der Waals surface area contributed by atoms with Gasteiger partial charge in [-0.1, -0.05) is 12.1 Å². The van der Waals surface area contributed by atoms with E-state index >= 15 is 0 Å². The van der Waals surface area contributed by atoms with Crippen LogP contribution in [0.5, 0.6) is 0 Å². The number of aryl methyl sites for hydroxylation is 1. The first-order valence-corrected chi connectivity index (χ1v) is 5.24. The molecule has 0 saturated carbocycles. The highest BCUT2D eigenvalue weighted by Gasteiger charge is 2.29. The van der Waals surface area contributed by atoms with E-state index < -0.39 is 11.4 Å². The Morgan fingerprint density at radius 1 is 1.31 bits per heavy atom. The Bertz CT molecular complexity index is 552. The third-order valence-corrected chi connectivity index (χ3v) is 3.01. The molecule has 0 amide bonds. The fourth-order valence-electron chi connectivity index (χ4n) is 1.78. The van der Waals surface area contributed by atoms with Crippen molar-refractivity contribution < 1.29 is 9.90 Å². The van der Waals surface area contributed by atoms with Gasteiger partial charge in [0.15, 0.2) is 0 Å². The van der Waals surface area contributed by atoms with Crippen LogP contribution < -0.4 is 0 Å². The van der Waals surface area contributed by atoms with Crippen LogP contribution in [0.15, 0.2) is 24.3 Å². The second-order valence-electron chi connectivity index (χ2n) is 4.68. The van der Waals surface area contributed by atoms with E-state index in [9.17, 15) is 4.79 Å². The van der Waals surface area contributed by atoms with Crippen molar-refractivity contribution in [2.45, 2.75) is 26.2 Å². The highest BCUT2D eigenvalue weighted by Crippen LogP contribution is 2.27. The van der Waals surface area contributed by atoms with Crippen molar-refractivity contribution >= 4 is 16.9 Å². The van der Waals surface area contributed by atoms with Gasteiger partial charge >= 0.3 is 5.97 Å². The van der Waals surface area contributed by atoms with Gasteiger partial charge in [0.25, 0.3) is 0 Å². The van der Waals surface area contributed by atoms with Gasteiger partial charge in [0.1, 0.15) is 0 Å². The summed E-state index contributed by atoms with van der Waals surface area (Å²) in [5, 5.41) is 10.3. The lowest BCUT2D eigenvalue weighted by Gasteiger charge is -2.19. The predicted molar refractivity (Wildman–Crippen MR) is 63.7 cm³/mol. The summed E-state index contributed by atoms with van der Waals surface area (Å²) in [5.74, 6) is -0.810. The van der Waals surface area contributed by atoms with Gasteiger partial charge in [-0.2, -0.15) is 0 Å². The number of carboxylic acids is 1. The first-order valence-electron chi connectivity index (χ1n) is 5.24. The molecule has 1 aromatic carbocycles. The summed E-state index contributed by atoms with van der Waals surface area (Å²) >= 11 is 0. The number of benzene rings is 1. The SMILES string of the molecule is Cc1cc2ccc(C(C)(C)C(=O)O)cc2[nH]1. The summed E-state index contributed by atoms with van der Waals surface area (Å²) in [5.41, 5.74) is 2.03. The summed E-state index contributed by atoms with van der Waals surface area (Å²) in [6.45, 7) is 5.42. The molecule has 0 unspecified atom stereocenters. The lowest BCUT2D eigenvalue weighted by Crippen LogP contribution is -2.28. The van der Waals surface area contributed by atoms with E-state index in [1.54, 1.807) is 13.8 Å². The third kappa shape index (κ3) is 1.58. The molecule has 0 spiro atoms. The predicted octanol–water partition coefficient (Wildman–Crippen LogP) is 2.84. The number of nitrogens with one attached hydrogen (secondary N) is 1. The molecule has 2 rings (SSSR count). The largest absolute Gasteiger partial charge is 0.481 e. The molecule has 3 nitrogen and oxygen atoms in total. The number of hydrogen-bond donors (Lipinski definition) is 2. The highest BCUT2D eigenvalue weighted by molar-refractivity contribution is 5.85. The van der Waals surface area contributed by atoms with Crippen molar-refractivity contribution in [3.8, 4) is 0 Å². The normalized spacial score (nSPS) is 11.9. The van der Waals surface area contributed by atoms with Crippen LogP contribution >= 0.6 is 0 Å². The molecule has 0 radical (unpaired) electrons. The monoisotopic (exact) mass is 217 g/mol. The van der Waals surface area contributed by atoms with E-state index in [1.807, 2.05) is 31.2 Å². The fraction of sp³-hybridized carbons (Fsp3) is 0.308. The number of aliphatic carboxylic acids is 1. The number of H-pyrrole nitrogens is 1. The van der Waals surface area contributed by atoms with Crippen molar-refractivity contribution in [1.82, 2.24) is 4.98 Å². The topological polar surface area (TPSA) is 53.1 Å². The van der Waals surface area contributed by atoms with Crippen molar-refractivity contribution in [2.75, 3.05) is 0 Å². The first kappa shape index (κ1) is 10.7. The quantitative estimate of drug-likeness (QED) is 0.812. The minimum absolute atomic E-state index is 0.810. The molecule has 0 aliphatic carbocycles. The van der Waals surface area contributed by atoms with Crippen molar-refractivity contribution in [3.05, 3.63) is 35.5 Å². The molecule has 0 aliphatic heterocycles. The standard InChI is InChI=1S/C13H15NO2/c1-8-6-9-4-5-10(7-11(9)14-8)13(2,3)12(15)16/h4-7,14H,1-3H3,(H,15,16). The summed E-state index contributed by atoms with van der Waals surface area (Å²) < 4.78 is 0. The minimum atomic E-state index is -0.854. The lowest BCUT2D eigenvalue weighted by molar-refractivity contribution is -0.142. The van der Waals surface area contributed by atoms with Crippen LogP contribution in [-0.2, 0) is 10.2 Å². The van der Waals surface area contributed by atoms with Crippen LogP contribution in [0.2, 0.25) is 0 Å². The number of hydrogen-bond acceptors (Lipinski definition) is 1. The average Bonchev–Trinajstić information content (AvgIpc) is 2.56. The van der Waals surface area contributed by atoms with Gasteiger partial charge in [-0.15, -0.1) is 0 Å². The van der Waals surface area contributed by atoms with E-state index in [0.29, 0.717) is 0 Å². The number of carbonyl (C=O) groups is 1. The van der Waals surface area contributed by atoms with Crippen LogP contribution in [-0.4, -0.2) is 16.1 Å². The molecule has 16 heavy (non-hydrogen) atoms. The molecular weight excluding hydrogens is 202 g/mol. The van der Waals surface area contributed by atoms with Crippen LogP contribution in [0.3, 0.4) is 0 Å². The molecule has 2 aromatic rings. The zero-order chi connectivity index (χ0) is 11.9. The molecule has 3 heteroatoms. The van der Waals surface area contributed by atoms with E-state index in [4.69, 9.17) is 5.11 Å². The highest BCUT2D eigenvalue weighted by atomic mass is 16.4. The van der Waals surface area contributed by atoms with Crippen molar-refractivity contribution in [2.24, 2.45) is 0 Å². The molecule has 0 fully saturated rings. The molecular formula is C13H15NO2. The number of rotatable bonds is 2. The van der Waals surface area contributed by atoms with E-state index in [-0.39, 0.29) is 0 Å². The van der Waals surface area contributed by atoms with Gasteiger partial charge in [-0.3, -0.25) is 4.79 Å². The summed E-state index contributed by atoms with van der Waals surface area (Å²) in [6.07, 6.45) is 0. The van der Waals surface area contributed by atoms with E-state index in [2.05, 4.69) is 4.98 Å². The Morgan fingerprint density at radius 3 is 2.62 bits per heavy atom. The maximum Gasteiger partial charge on any atom is 0.313 e. The molecule has 0 saturated heterocycles. The van der Waals surface area contributed by atoms with Crippen molar-refractivity contribution in [3.63, 3.8) is 0 Å². The van der Waals surface area contributed by atoms with Gasteiger partial charge in [0.2, 0.25) is 0 Å². The lowest BCUT2D eigenvalue weighted by atomic mass is 9.84. The van der Waals surface area contributed by atoms with E-state index in [1.165, 1.54) is 0 Å². The Balaban J connectivity index is 2.58. The Kier molecular flexibility index (Phi) is 2.26. The Morgan fingerprint density at radius 2 is 2.00 bits per heavy atom. The van der Waals surface area contributed by atoms with Gasteiger partial charge in [0.05, 0.1) is 5.41 Å². The van der Waals surface area contributed by atoms with Crippen LogP contribution in [0.25, 0.3) is 10.9 Å². The van der Waals surface area contributed by atoms with Crippen LogP contribution in [0.4, 0.5) is 0 Å². The number of aromatic nitrogens is 1. The van der Waals surface area contributed by atoms with Gasteiger partial charge in [-0.05, 0) is 43.9 Å². The molecule has 84 valence electrons. The Hall–Kier alpha value is -1.77. The Labute approximate surface area is 94.1 Å². The second kappa shape index (κ2) is 3.37. The maximum atomic E-state index is 11.2. The molecule has 2 N–H and O–H groups in total. The van der Waals surface area contributed by atoms with E-state index in [0.717, 1.165) is 22.2 Å². The zero-order valence-corrected chi connectivity index (χ0v) is 9.66. The van der Waals surface area contributed by atoms with Gasteiger partial charge in [-0.25, -0.2) is 0 Å². The smallest absolute Gasteiger partial charge is 0.313 e. The summed E-state index contributed by atoms with van der Waals surface area (Å²) in [6, 6.07) is 7.80. The van der Waals surface area contributed by atoms with Crippen LogP contribution in [0.1, 0.15) is 25.1 Å². The van der Waals surface area contributed by atoms with Crippen molar-refractivity contribution in [1.29, 1.82) is 0 Å². The fourth-order valence-corrected chi connectivity index (χ4v) is 1.78. The molecule has 1 heterocycles. The molecule has 0 atom stereocenters. The summed E-state index contributed by atoms with van der Waals surface area (Å²) in [7, 11) is 0. The first-order chi connectivity index (χ1) is 7.41. The van der Waals surface area contributed by atoms with Gasteiger partial charge in [0, 0.05) is 11.2 Å². The summed E-state index contributed by atoms with van der Waals surface area (Å²) in [4.78, 5) is 14.4. The number of carboxylic acid groups (broad SMARTS) is 1. The minimum Gasteiger partial charge on any atom is -0.481 e. The second-order valence-corrected chi connectivity index (χ2v) is 4.68. The molecule has 0 bridgehead atoms. The third-order valence-electron chi connectivity index (χ3n) is 3.01. The van der Waals surface area contributed by atoms with Gasteiger partial charge < -0.3 is 10.1 Å². The molecule has 0 aliphatic rings. The molecule has 1 aromatic heterocycles. The maximum absolute atomic E-state index is 11.2. The average molecular weight is 217 g/mol. The zero-order valence-electron chi connectivity index (χ0n) is 9.66. The van der Waals surface area contributed by atoms with Crippen LogP contribution in [0, 0.1) is 6.92 Å².